The van der Waals surface area contributed by atoms with Gasteiger partial charge in [-0.05, 0) is 35.4 Å². The van der Waals surface area contributed by atoms with Gasteiger partial charge in [0.2, 0.25) is 5.91 Å². The number of esters is 1. The first-order valence-electron chi connectivity index (χ1n) is 6.90. The Kier molecular flexibility index (Phi) is 6.02. The molecule has 23 heavy (non-hydrogen) atoms. The van der Waals surface area contributed by atoms with E-state index in [9.17, 15) is 9.59 Å². The van der Waals surface area contributed by atoms with E-state index in [-0.39, 0.29) is 24.9 Å². The van der Waals surface area contributed by atoms with Crippen molar-refractivity contribution in [2.45, 2.75) is 20.0 Å². The number of halogens is 2. The Morgan fingerprint density at radius 2 is 1.65 bits per heavy atom. The summed E-state index contributed by atoms with van der Waals surface area (Å²) in [4.78, 5) is 22.8. The second kappa shape index (κ2) is 7.99. The molecule has 0 saturated carbocycles. The van der Waals surface area contributed by atoms with Crippen LogP contribution in [0.3, 0.4) is 0 Å². The molecule has 2 aromatic rings. The van der Waals surface area contributed by atoms with Crippen LogP contribution in [0.1, 0.15) is 18.1 Å². The van der Waals surface area contributed by atoms with Crippen molar-refractivity contribution < 1.29 is 14.3 Å². The lowest BCUT2D eigenvalue weighted by Crippen LogP contribution is -2.09. The average molecular weight is 352 g/mol. The fourth-order valence-corrected chi connectivity index (χ4v) is 2.24. The minimum absolute atomic E-state index is 0.139. The third kappa shape index (κ3) is 5.58. The number of amides is 1. The van der Waals surface area contributed by atoms with Crippen LogP contribution in [0.4, 0.5) is 5.69 Å². The van der Waals surface area contributed by atoms with Gasteiger partial charge in [0.15, 0.2) is 0 Å². The number of benzene rings is 2. The molecule has 0 bridgehead atoms. The van der Waals surface area contributed by atoms with Crippen molar-refractivity contribution in [3.63, 3.8) is 0 Å². The molecule has 0 aromatic heterocycles. The van der Waals surface area contributed by atoms with E-state index >= 15 is 0 Å². The SMILES string of the molecule is CC(=O)Nc1ccc(CC(=O)OCc2ccc(Cl)c(Cl)c2)cc1. The van der Waals surface area contributed by atoms with Gasteiger partial charge in [-0.15, -0.1) is 0 Å². The Balaban J connectivity index is 1.86. The van der Waals surface area contributed by atoms with Crippen molar-refractivity contribution in [2.24, 2.45) is 0 Å². The fourth-order valence-electron chi connectivity index (χ4n) is 1.92. The zero-order chi connectivity index (χ0) is 16.8. The van der Waals surface area contributed by atoms with E-state index in [1.54, 1.807) is 42.5 Å². The predicted octanol–water partition coefficient (Wildman–Crippen LogP) is 4.24. The minimum atomic E-state index is -0.344. The van der Waals surface area contributed by atoms with Crippen LogP contribution in [0.25, 0.3) is 0 Å². The number of ether oxygens (including phenoxy) is 1. The zero-order valence-electron chi connectivity index (χ0n) is 12.4. The van der Waals surface area contributed by atoms with Crippen molar-refractivity contribution in [3.8, 4) is 0 Å². The predicted molar refractivity (Wildman–Crippen MR) is 90.7 cm³/mol. The Labute approximate surface area is 144 Å². The van der Waals surface area contributed by atoms with Crippen molar-refractivity contribution in [2.75, 3.05) is 5.32 Å². The van der Waals surface area contributed by atoms with E-state index in [1.165, 1.54) is 6.92 Å². The number of carbonyl (C=O) groups is 2. The zero-order valence-corrected chi connectivity index (χ0v) is 13.9. The first kappa shape index (κ1) is 17.3. The van der Waals surface area contributed by atoms with Crippen molar-refractivity contribution in [1.82, 2.24) is 0 Å². The van der Waals surface area contributed by atoms with Crippen LogP contribution in [-0.2, 0) is 27.4 Å². The maximum absolute atomic E-state index is 11.8. The summed E-state index contributed by atoms with van der Waals surface area (Å²) < 4.78 is 5.21. The molecule has 120 valence electrons. The lowest BCUT2D eigenvalue weighted by Gasteiger charge is -2.07. The van der Waals surface area contributed by atoms with Crippen LogP contribution in [0.15, 0.2) is 42.5 Å². The second-order valence-electron chi connectivity index (χ2n) is 4.96. The minimum Gasteiger partial charge on any atom is -0.461 e. The maximum Gasteiger partial charge on any atom is 0.310 e. The molecule has 1 N–H and O–H groups in total. The molecule has 0 heterocycles. The summed E-state index contributed by atoms with van der Waals surface area (Å²) in [5.74, 6) is -0.484. The second-order valence-corrected chi connectivity index (χ2v) is 5.78. The molecule has 0 atom stereocenters. The van der Waals surface area contributed by atoms with E-state index in [4.69, 9.17) is 27.9 Å². The third-order valence-corrected chi connectivity index (χ3v) is 3.75. The Bertz CT molecular complexity index is 714. The molecule has 0 fully saturated rings. The van der Waals surface area contributed by atoms with E-state index < -0.39 is 0 Å². The molecule has 0 saturated heterocycles. The quantitative estimate of drug-likeness (QED) is 0.819. The highest BCUT2D eigenvalue weighted by molar-refractivity contribution is 6.42. The first-order chi connectivity index (χ1) is 10.9. The highest BCUT2D eigenvalue weighted by Gasteiger charge is 2.07. The monoisotopic (exact) mass is 351 g/mol. The number of hydrogen-bond donors (Lipinski definition) is 1. The van der Waals surface area contributed by atoms with Gasteiger partial charge in [0.05, 0.1) is 16.5 Å². The van der Waals surface area contributed by atoms with Gasteiger partial charge in [-0.3, -0.25) is 9.59 Å². The van der Waals surface area contributed by atoms with Crippen molar-refractivity contribution in [3.05, 3.63) is 63.6 Å². The average Bonchev–Trinajstić information content (AvgIpc) is 2.50. The first-order valence-corrected chi connectivity index (χ1v) is 7.66. The molecule has 0 unspecified atom stereocenters. The normalized spacial score (nSPS) is 10.2. The van der Waals surface area contributed by atoms with E-state index in [0.717, 1.165) is 11.1 Å². The van der Waals surface area contributed by atoms with Gasteiger partial charge in [0.25, 0.3) is 0 Å². The van der Waals surface area contributed by atoms with Gasteiger partial charge in [-0.25, -0.2) is 0 Å². The van der Waals surface area contributed by atoms with E-state index in [0.29, 0.717) is 15.7 Å². The molecule has 0 radical (unpaired) electrons. The summed E-state index contributed by atoms with van der Waals surface area (Å²) in [6.45, 7) is 1.58. The molecular weight excluding hydrogens is 337 g/mol. The van der Waals surface area contributed by atoms with Gasteiger partial charge in [0, 0.05) is 12.6 Å². The summed E-state index contributed by atoms with van der Waals surface area (Å²) in [5, 5.41) is 3.55. The Morgan fingerprint density at radius 1 is 1.00 bits per heavy atom. The number of anilines is 1. The summed E-state index contributed by atoms with van der Waals surface area (Å²) in [5.41, 5.74) is 2.26. The van der Waals surface area contributed by atoms with Crippen molar-refractivity contribution >= 4 is 40.8 Å². The van der Waals surface area contributed by atoms with Crippen LogP contribution in [0.2, 0.25) is 10.0 Å². The van der Waals surface area contributed by atoms with Gasteiger partial charge < -0.3 is 10.1 Å². The summed E-state index contributed by atoms with van der Waals surface area (Å²) in [6, 6.07) is 12.1. The van der Waals surface area contributed by atoms with Gasteiger partial charge in [0.1, 0.15) is 6.61 Å². The Morgan fingerprint density at radius 3 is 2.26 bits per heavy atom. The number of carbonyl (C=O) groups excluding carboxylic acids is 2. The smallest absolute Gasteiger partial charge is 0.310 e. The lowest BCUT2D eigenvalue weighted by atomic mass is 10.1. The summed E-state index contributed by atoms with van der Waals surface area (Å²) in [6.07, 6.45) is 0.154. The fraction of sp³-hybridized carbons (Fsp3) is 0.176. The number of nitrogens with one attached hydrogen (secondary N) is 1. The van der Waals surface area contributed by atoms with Crippen LogP contribution >= 0.6 is 23.2 Å². The molecule has 0 spiro atoms. The van der Waals surface area contributed by atoms with E-state index in [2.05, 4.69) is 5.32 Å². The highest BCUT2D eigenvalue weighted by atomic mass is 35.5. The number of hydrogen-bond acceptors (Lipinski definition) is 3. The van der Waals surface area contributed by atoms with Crippen LogP contribution < -0.4 is 5.32 Å². The van der Waals surface area contributed by atoms with E-state index in [1.807, 2.05) is 0 Å². The lowest BCUT2D eigenvalue weighted by molar-refractivity contribution is -0.144. The van der Waals surface area contributed by atoms with Crippen LogP contribution in [0, 0.1) is 0 Å². The van der Waals surface area contributed by atoms with Crippen molar-refractivity contribution in [1.29, 1.82) is 0 Å². The van der Waals surface area contributed by atoms with Crippen LogP contribution in [-0.4, -0.2) is 11.9 Å². The molecule has 0 aliphatic rings. The Hall–Kier alpha value is -2.04. The molecule has 1 amide bonds. The largest absolute Gasteiger partial charge is 0.461 e. The molecule has 0 aliphatic carbocycles. The molecule has 4 nitrogen and oxygen atoms in total. The standard InChI is InChI=1S/C17H15Cl2NO3/c1-11(21)20-14-5-2-12(3-6-14)9-17(22)23-10-13-4-7-15(18)16(19)8-13/h2-8H,9-10H2,1H3,(H,20,21). The number of rotatable bonds is 5. The van der Waals surface area contributed by atoms with Gasteiger partial charge >= 0.3 is 5.97 Å². The molecule has 6 heteroatoms. The highest BCUT2D eigenvalue weighted by Crippen LogP contribution is 2.23. The molecule has 2 rings (SSSR count). The maximum atomic E-state index is 11.8. The van der Waals surface area contributed by atoms with Crippen LogP contribution in [0.5, 0.6) is 0 Å². The van der Waals surface area contributed by atoms with Gasteiger partial charge in [-0.1, -0.05) is 41.4 Å². The van der Waals surface area contributed by atoms with Gasteiger partial charge in [-0.2, -0.15) is 0 Å². The topological polar surface area (TPSA) is 55.4 Å². The molecule has 2 aromatic carbocycles. The molecule has 0 aliphatic heterocycles. The summed E-state index contributed by atoms with van der Waals surface area (Å²) >= 11 is 11.7. The third-order valence-electron chi connectivity index (χ3n) is 3.01. The summed E-state index contributed by atoms with van der Waals surface area (Å²) in [7, 11) is 0. The molecular formula is C17H15Cl2NO3.